The fourth-order valence-electron chi connectivity index (χ4n) is 3.60. The number of para-hydroxylation sites is 1. The van der Waals surface area contributed by atoms with Crippen molar-refractivity contribution in [2.75, 3.05) is 11.4 Å². The van der Waals surface area contributed by atoms with Crippen molar-refractivity contribution in [1.29, 1.82) is 0 Å². The second-order valence-electron chi connectivity index (χ2n) is 7.46. The number of hydrogen-bond donors (Lipinski definition) is 1. The summed E-state index contributed by atoms with van der Waals surface area (Å²) in [6.07, 6.45) is 15.4. The Balaban J connectivity index is 1.43. The summed E-state index contributed by atoms with van der Waals surface area (Å²) in [5.41, 5.74) is 2.50. The summed E-state index contributed by atoms with van der Waals surface area (Å²) in [4.78, 5) is 18.4. The molecule has 1 N–H and O–H groups in total. The Morgan fingerprint density at radius 1 is 0.931 bits per heavy atom. The summed E-state index contributed by atoms with van der Waals surface area (Å²) in [5, 5.41) is 9.94. The lowest BCUT2D eigenvalue weighted by Gasteiger charge is -2.20. The van der Waals surface area contributed by atoms with E-state index in [-0.39, 0.29) is 0 Å². The quantitative estimate of drug-likeness (QED) is 0.400. The molecule has 5 heteroatoms. The van der Waals surface area contributed by atoms with Crippen molar-refractivity contribution < 1.29 is 9.90 Å². The van der Waals surface area contributed by atoms with Crippen LogP contribution in [0.3, 0.4) is 0 Å². The lowest BCUT2D eigenvalue weighted by Crippen LogP contribution is -2.18. The maximum absolute atomic E-state index is 10.5. The molecule has 0 saturated carbocycles. The molecule has 29 heavy (non-hydrogen) atoms. The number of thioether (sulfide) groups is 1. The fourth-order valence-corrected chi connectivity index (χ4v) is 4.75. The van der Waals surface area contributed by atoms with E-state index in [1.807, 2.05) is 36.3 Å². The van der Waals surface area contributed by atoms with Gasteiger partial charge in [-0.15, -0.1) is 0 Å². The smallest absolute Gasteiger partial charge is 0.303 e. The number of benzene rings is 1. The first-order chi connectivity index (χ1) is 14.2. The van der Waals surface area contributed by atoms with Gasteiger partial charge in [0.25, 0.3) is 0 Å². The molecule has 0 unspecified atom stereocenters. The molecule has 0 fully saturated rings. The molecule has 1 aliphatic heterocycles. The highest BCUT2D eigenvalue weighted by Crippen LogP contribution is 2.46. The maximum atomic E-state index is 10.5. The van der Waals surface area contributed by atoms with Gasteiger partial charge in [-0.3, -0.25) is 9.78 Å². The van der Waals surface area contributed by atoms with Gasteiger partial charge in [0.15, 0.2) is 0 Å². The van der Waals surface area contributed by atoms with Gasteiger partial charge in [-0.25, -0.2) is 0 Å². The van der Waals surface area contributed by atoms with Crippen molar-refractivity contribution in [1.82, 2.24) is 4.98 Å². The van der Waals surface area contributed by atoms with Gasteiger partial charge < -0.3 is 10.0 Å². The standard InChI is InChI=1S/C24H30N2O2S/c27-24(28)13-7-5-3-1-2-4-6-10-18-26-21-11-8-9-12-22(21)29-23(26)19-20-14-16-25-17-15-20/h8-9,11-12,14-17,19H,1-7,10,13,18H2,(H,27,28)/b23-19-. The lowest BCUT2D eigenvalue weighted by atomic mass is 10.1. The number of aromatic nitrogens is 1. The number of unbranched alkanes of at least 4 members (excludes halogenated alkanes) is 7. The number of carbonyl (C=O) groups is 1. The number of anilines is 1. The third kappa shape index (κ3) is 6.93. The Kier molecular flexibility index (Phi) is 8.62. The Hall–Kier alpha value is -2.27. The van der Waals surface area contributed by atoms with Gasteiger partial charge in [-0.1, -0.05) is 62.4 Å². The fraction of sp³-hybridized carbons (Fsp3) is 0.417. The van der Waals surface area contributed by atoms with Crippen LogP contribution in [0, 0.1) is 0 Å². The van der Waals surface area contributed by atoms with Crippen molar-refractivity contribution in [3.63, 3.8) is 0 Å². The van der Waals surface area contributed by atoms with Crippen LogP contribution < -0.4 is 4.90 Å². The van der Waals surface area contributed by atoms with E-state index < -0.39 is 5.97 Å². The number of carboxylic acid groups (broad SMARTS) is 1. The van der Waals surface area contributed by atoms with Gasteiger partial charge in [-0.05, 0) is 48.7 Å². The molecule has 2 heterocycles. The van der Waals surface area contributed by atoms with Gasteiger partial charge in [0.2, 0.25) is 0 Å². The van der Waals surface area contributed by atoms with Crippen molar-refractivity contribution in [2.24, 2.45) is 0 Å². The van der Waals surface area contributed by atoms with Gasteiger partial charge in [-0.2, -0.15) is 0 Å². The summed E-state index contributed by atoms with van der Waals surface area (Å²) < 4.78 is 0. The highest BCUT2D eigenvalue weighted by molar-refractivity contribution is 8.03. The highest BCUT2D eigenvalue weighted by atomic mass is 32.2. The van der Waals surface area contributed by atoms with Gasteiger partial charge >= 0.3 is 5.97 Å². The number of aliphatic carboxylic acids is 1. The first-order valence-electron chi connectivity index (χ1n) is 10.6. The van der Waals surface area contributed by atoms with Crippen LogP contribution in [0.5, 0.6) is 0 Å². The van der Waals surface area contributed by atoms with E-state index in [4.69, 9.17) is 5.11 Å². The van der Waals surface area contributed by atoms with E-state index in [1.54, 1.807) is 0 Å². The first kappa shape index (κ1) is 21.4. The van der Waals surface area contributed by atoms with E-state index in [9.17, 15) is 4.79 Å². The second-order valence-corrected chi connectivity index (χ2v) is 8.52. The van der Waals surface area contributed by atoms with Crippen molar-refractivity contribution in [2.45, 2.75) is 62.7 Å². The van der Waals surface area contributed by atoms with Gasteiger partial charge in [0.05, 0.1) is 10.7 Å². The van der Waals surface area contributed by atoms with Crippen LogP contribution in [0.15, 0.2) is 58.7 Å². The number of hydrogen-bond acceptors (Lipinski definition) is 4. The minimum Gasteiger partial charge on any atom is -0.481 e. The van der Waals surface area contributed by atoms with Crippen LogP contribution in [0.1, 0.15) is 63.4 Å². The van der Waals surface area contributed by atoms with Crippen LogP contribution >= 0.6 is 11.8 Å². The molecule has 0 radical (unpaired) electrons. The largest absolute Gasteiger partial charge is 0.481 e. The zero-order chi connectivity index (χ0) is 20.3. The summed E-state index contributed by atoms with van der Waals surface area (Å²) in [5.74, 6) is -0.677. The van der Waals surface area contributed by atoms with Crippen LogP contribution in [0.2, 0.25) is 0 Å². The zero-order valence-corrected chi connectivity index (χ0v) is 17.7. The third-order valence-corrected chi connectivity index (χ3v) is 6.27. The van der Waals surface area contributed by atoms with Crippen molar-refractivity contribution >= 4 is 29.5 Å². The van der Waals surface area contributed by atoms with Crippen LogP contribution in [0.25, 0.3) is 6.08 Å². The molecule has 154 valence electrons. The topological polar surface area (TPSA) is 53.4 Å². The molecular weight excluding hydrogens is 380 g/mol. The monoisotopic (exact) mass is 410 g/mol. The molecule has 0 aliphatic carbocycles. The van der Waals surface area contributed by atoms with E-state index >= 15 is 0 Å². The predicted octanol–water partition coefficient (Wildman–Crippen LogP) is 6.59. The van der Waals surface area contributed by atoms with Crippen molar-refractivity contribution in [3.8, 4) is 0 Å². The molecule has 0 saturated heterocycles. The molecule has 1 aromatic carbocycles. The first-order valence-corrected chi connectivity index (χ1v) is 11.4. The van der Waals surface area contributed by atoms with Crippen LogP contribution in [-0.4, -0.2) is 22.6 Å². The molecule has 1 aliphatic rings. The minimum absolute atomic E-state index is 0.310. The number of pyridine rings is 1. The maximum Gasteiger partial charge on any atom is 0.303 e. The molecule has 4 nitrogen and oxygen atoms in total. The predicted molar refractivity (Wildman–Crippen MR) is 121 cm³/mol. The van der Waals surface area contributed by atoms with E-state index in [2.05, 4.69) is 40.2 Å². The lowest BCUT2D eigenvalue weighted by molar-refractivity contribution is -0.137. The average molecular weight is 411 g/mol. The Morgan fingerprint density at radius 2 is 1.59 bits per heavy atom. The minimum atomic E-state index is -0.677. The molecule has 2 aromatic rings. The van der Waals surface area contributed by atoms with Gasteiger partial charge in [0, 0.05) is 30.3 Å². The second kappa shape index (κ2) is 11.7. The van der Waals surface area contributed by atoms with E-state index in [1.165, 1.54) is 53.3 Å². The summed E-state index contributed by atoms with van der Waals surface area (Å²) >= 11 is 1.85. The summed E-state index contributed by atoms with van der Waals surface area (Å²) in [7, 11) is 0. The zero-order valence-electron chi connectivity index (χ0n) is 16.9. The van der Waals surface area contributed by atoms with Crippen LogP contribution in [-0.2, 0) is 4.79 Å². The van der Waals surface area contributed by atoms with E-state index in [0.29, 0.717) is 6.42 Å². The SMILES string of the molecule is O=C(O)CCCCCCCCCCN1/C(=C/c2ccncc2)Sc2ccccc21. The molecule has 0 bridgehead atoms. The Morgan fingerprint density at radius 3 is 2.31 bits per heavy atom. The van der Waals surface area contributed by atoms with Gasteiger partial charge in [0.1, 0.15) is 0 Å². The summed E-state index contributed by atoms with van der Waals surface area (Å²) in [6.45, 7) is 1.04. The normalized spacial score (nSPS) is 14.3. The number of rotatable bonds is 12. The number of nitrogens with zero attached hydrogens (tertiary/aromatic N) is 2. The van der Waals surface area contributed by atoms with Crippen LogP contribution in [0.4, 0.5) is 5.69 Å². The average Bonchev–Trinajstić information content (AvgIpc) is 3.07. The molecule has 1 aromatic heterocycles. The van der Waals surface area contributed by atoms with E-state index in [0.717, 1.165) is 25.8 Å². The molecule has 0 spiro atoms. The molecular formula is C24H30N2O2S. The Bertz CT molecular complexity index is 808. The molecule has 3 rings (SSSR count). The Labute approximate surface area is 178 Å². The number of carboxylic acids is 1. The third-order valence-electron chi connectivity index (χ3n) is 5.16. The number of fused-ring (bicyclic) bond motifs is 1. The molecule has 0 amide bonds. The molecule has 0 atom stereocenters. The highest BCUT2D eigenvalue weighted by Gasteiger charge is 2.24. The van der Waals surface area contributed by atoms with Crippen molar-refractivity contribution in [3.05, 3.63) is 59.4 Å². The summed E-state index contributed by atoms with van der Waals surface area (Å²) in [6, 6.07) is 12.7.